The molecular formula is C20H15NO2. The molecule has 0 spiro atoms. The van der Waals surface area contributed by atoms with E-state index in [1.54, 1.807) is 12.1 Å². The molecule has 0 bridgehead atoms. The minimum atomic E-state index is -0.255. The maximum Gasteiger partial charge on any atom is 0.215 e. The molecule has 0 amide bonds. The highest BCUT2D eigenvalue weighted by Gasteiger charge is 2.22. The van der Waals surface area contributed by atoms with E-state index in [4.69, 9.17) is 0 Å². The van der Waals surface area contributed by atoms with Crippen LogP contribution in [0, 0.1) is 0 Å². The second kappa shape index (κ2) is 5.36. The molecule has 3 nitrogen and oxygen atoms in total. The van der Waals surface area contributed by atoms with E-state index >= 15 is 0 Å². The van der Waals surface area contributed by atoms with Crippen molar-refractivity contribution in [3.8, 4) is 0 Å². The summed E-state index contributed by atoms with van der Waals surface area (Å²) in [7, 11) is 0. The van der Waals surface area contributed by atoms with Crippen LogP contribution in [0.1, 0.15) is 27.0 Å². The lowest BCUT2D eigenvalue weighted by Gasteiger charge is -2.09. The number of hydrogen-bond donors (Lipinski definition) is 1. The highest BCUT2D eigenvalue weighted by molar-refractivity contribution is 6.52. The first kappa shape index (κ1) is 13.7. The smallest absolute Gasteiger partial charge is 0.215 e. The lowest BCUT2D eigenvalue weighted by molar-refractivity contribution is 0.106. The second-order valence-corrected chi connectivity index (χ2v) is 5.76. The highest BCUT2D eigenvalue weighted by atomic mass is 16.4. The molecule has 0 radical (unpaired) electrons. The zero-order chi connectivity index (χ0) is 15.8. The normalized spacial score (nSPS) is 13.5. The molecule has 0 saturated heterocycles. The second-order valence-electron chi connectivity index (χ2n) is 5.76. The van der Waals surface area contributed by atoms with Crippen LogP contribution in [0.4, 0.5) is 0 Å². The van der Waals surface area contributed by atoms with Crippen molar-refractivity contribution in [1.29, 1.82) is 0 Å². The molecule has 3 aromatic carbocycles. The fourth-order valence-corrected chi connectivity index (χ4v) is 3.40. The van der Waals surface area contributed by atoms with Crippen molar-refractivity contribution in [2.24, 2.45) is 5.16 Å². The number of benzene rings is 3. The van der Waals surface area contributed by atoms with E-state index in [1.165, 1.54) is 16.5 Å². The van der Waals surface area contributed by atoms with E-state index in [1.807, 2.05) is 42.5 Å². The van der Waals surface area contributed by atoms with E-state index in [0.29, 0.717) is 11.1 Å². The average molecular weight is 301 g/mol. The Morgan fingerprint density at radius 3 is 2.35 bits per heavy atom. The van der Waals surface area contributed by atoms with Crippen molar-refractivity contribution < 1.29 is 10.0 Å². The minimum Gasteiger partial charge on any atom is -0.410 e. The van der Waals surface area contributed by atoms with Crippen LogP contribution in [0.15, 0.2) is 65.8 Å². The zero-order valence-corrected chi connectivity index (χ0v) is 12.5. The van der Waals surface area contributed by atoms with E-state index in [9.17, 15) is 10.0 Å². The number of oxime groups is 1. The third-order valence-corrected chi connectivity index (χ3v) is 4.48. The first-order valence-electron chi connectivity index (χ1n) is 7.65. The predicted molar refractivity (Wildman–Crippen MR) is 90.5 cm³/mol. The summed E-state index contributed by atoms with van der Waals surface area (Å²) in [6.45, 7) is 0. The van der Waals surface area contributed by atoms with E-state index in [2.05, 4.69) is 11.2 Å². The van der Waals surface area contributed by atoms with Crippen LogP contribution >= 0.6 is 0 Å². The fourth-order valence-electron chi connectivity index (χ4n) is 3.40. The van der Waals surface area contributed by atoms with Crippen molar-refractivity contribution in [1.82, 2.24) is 0 Å². The molecule has 3 aromatic rings. The van der Waals surface area contributed by atoms with Crippen LogP contribution in [0.2, 0.25) is 0 Å². The summed E-state index contributed by atoms with van der Waals surface area (Å²) in [4.78, 5) is 12.9. The number of nitrogens with zero attached hydrogens (tertiary/aromatic N) is 1. The zero-order valence-electron chi connectivity index (χ0n) is 12.5. The van der Waals surface area contributed by atoms with Crippen LogP contribution in [0.5, 0.6) is 0 Å². The molecule has 0 atom stereocenters. The number of hydrogen-bond acceptors (Lipinski definition) is 3. The summed E-state index contributed by atoms with van der Waals surface area (Å²) in [5.41, 5.74) is 3.85. The Balaban J connectivity index is 1.89. The number of carbonyl (C=O) groups is 1. The van der Waals surface area contributed by atoms with Crippen molar-refractivity contribution in [3.63, 3.8) is 0 Å². The molecule has 3 heteroatoms. The summed E-state index contributed by atoms with van der Waals surface area (Å²) in [5, 5.41) is 14.8. The van der Waals surface area contributed by atoms with Gasteiger partial charge in [-0.1, -0.05) is 65.8 Å². The molecule has 0 saturated carbocycles. The highest BCUT2D eigenvalue weighted by Crippen LogP contribution is 2.33. The standard InChI is InChI=1S/C20H15NO2/c22-20(19(21-23)15-5-2-1-3-6-15)17-12-11-14-10-9-13-7-4-8-16(17)18(13)14/h1-8,11-12,23H,9-10H2/b21-19+. The number of rotatable bonds is 3. The summed E-state index contributed by atoms with van der Waals surface area (Å²) < 4.78 is 0. The molecule has 0 fully saturated rings. The molecule has 1 aliphatic rings. The Bertz CT molecular complexity index is 932. The molecule has 0 heterocycles. The Hall–Kier alpha value is -2.94. The summed E-state index contributed by atoms with van der Waals surface area (Å²) >= 11 is 0. The molecular weight excluding hydrogens is 286 g/mol. The Morgan fingerprint density at radius 2 is 1.61 bits per heavy atom. The van der Waals surface area contributed by atoms with Crippen LogP contribution in [-0.4, -0.2) is 16.7 Å². The van der Waals surface area contributed by atoms with Crippen LogP contribution in [0.3, 0.4) is 0 Å². The monoisotopic (exact) mass is 301 g/mol. The topological polar surface area (TPSA) is 49.7 Å². The van der Waals surface area contributed by atoms with Crippen LogP contribution in [0.25, 0.3) is 10.8 Å². The Labute approximate surface area is 133 Å². The van der Waals surface area contributed by atoms with Crippen molar-refractivity contribution in [2.75, 3.05) is 0 Å². The quantitative estimate of drug-likeness (QED) is 0.344. The largest absolute Gasteiger partial charge is 0.410 e. The van der Waals surface area contributed by atoms with E-state index in [-0.39, 0.29) is 11.5 Å². The van der Waals surface area contributed by atoms with Gasteiger partial charge in [0.1, 0.15) is 0 Å². The van der Waals surface area contributed by atoms with Crippen LogP contribution in [-0.2, 0) is 12.8 Å². The van der Waals surface area contributed by atoms with E-state index < -0.39 is 0 Å². The third kappa shape index (κ3) is 2.13. The third-order valence-electron chi connectivity index (χ3n) is 4.48. The van der Waals surface area contributed by atoms with Gasteiger partial charge in [-0.15, -0.1) is 0 Å². The molecule has 1 aliphatic carbocycles. The van der Waals surface area contributed by atoms with Gasteiger partial charge in [0.25, 0.3) is 0 Å². The van der Waals surface area contributed by atoms with Gasteiger partial charge < -0.3 is 5.21 Å². The van der Waals surface area contributed by atoms with Gasteiger partial charge in [0.2, 0.25) is 5.78 Å². The van der Waals surface area contributed by atoms with Crippen molar-refractivity contribution >= 4 is 22.3 Å². The maximum absolute atomic E-state index is 12.9. The lowest BCUT2D eigenvalue weighted by atomic mass is 9.94. The van der Waals surface area contributed by atoms with Gasteiger partial charge >= 0.3 is 0 Å². The van der Waals surface area contributed by atoms with Crippen molar-refractivity contribution in [2.45, 2.75) is 12.8 Å². The van der Waals surface area contributed by atoms with Gasteiger partial charge in [-0.3, -0.25) is 4.79 Å². The summed E-state index contributed by atoms with van der Waals surface area (Å²) in [6, 6.07) is 19.0. The van der Waals surface area contributed by atoms with E-state index in [0.717, 1.165) is 18.2 Å². The fraction of sp³-hybridized carbons (Fsp3) is 0.100. The number of Topliss-reactive ketones (excluding diaryl/α,β-unsaturated/α-hetero) is 1. The predicted octanol–water partition coefficient (Wildman–Crippen LogP) is 4.00. The summed E-state index contributed by atoms with van der Waals surface area (Å²) in [5.74, 6) is -0.255. The number of ketones is 1. The molecule has 0 unspecified atom stereocenters. The average Bonchev–Trinajstić information content (AvgIpc) is 3.02. The van der Waals surface area contributed by atoms with Gasteiger partial charge in [-0.25, -0.2) is 0 Å². The van der Waals surface area contributed by atoms with Gasteiger partial charge in [-0.05, 0) is 34.7 Å². The molecule has 112 valence electrons. The first-order chi connectivity index (χ1) is 11.3. The number of carbonyl (C=O) groups excluding carboxylic acids is 1. The van der Waals surface area contributed by atoms with Gasteiger partial charge in [0.05, 0.1) is 0 Å². The molecule has 4 rings (SSSR count). The molecule has 1 N–H and O–H groups in total. The summed E-state index contributed by atoms with van der Waals surface area (Å²) in [6.07, 6.45) is 2.04. The molecule has 0 aliphatic heterocycles. The first-order valence-corrected chi connectivity index (χ1v) is 7.65. The van der Waals surface area contributed by atoms with Gasteiger partial charge in [0.15, 0.2) is 5.71 Å². The SMILES string of the molecule is O=C(/C(=N/O)c1ccccc1)c1ccc2c3c(cccc13)CC2. The van der Waals surface area contributed by atoms with Gasteiger partial charge in [-0.2, -0.15) is 0 Å². The Morgan fingerprint density at radius 1 is 0.870 bits per heavy atom. The van der Waals surface area contributed by atoms with Crippen molar-refractivity contribution in [3.05, 3.63) is 82.9 Å². The minimum absolute atomic E-state index is 0.0734. The van der Waals surface area contributed by atoms with Gasteiger partial charge in [0, 0.05) is 11.1 Å². The lowest BCUT2D eigenvalue weighted by Crippen LogP contribution is -2.16. The number of aryl methyl sites for hydroxylation is 2. The Kier molecular flexibility index (Phi) is 3.19. The maximum atomic E-state index is 12.9. The molecule has 23 heavy (non-hydrogen) atoms. The molecule has 0 aromatic heterocycles. The van der Waals surface area contributed by atoms with Crippen LogP contribution < -0.4 is 0 Å².